The van der Waals surface area contributed by atoms with Crippen molar-refractivity contribution >= 4 is 12.0 Å². The monoisotopic (exact) mass is 336 g/mol. The second kappa shape index (κ2) is 9.89. The van der Waals surface area contributed by atoms with Crippen LogP contribution in [-0.2, 0) is 20.9 Å². The van der Waals surface area contributed by atoms with E-state index in [4.69, 9.17) is 14.6 Å². The summed E-state index contributed by atoms with van der Waals surface area (Å²) < 4.78 is 10.4. The molecule has 1 atom stereocenters. The van der Waals surface area contributed by atoms with Gasteiger partial charge in [0.2, 0.25) is 5.91 Å². The Balaban J connectivity index is 1.76. The molecule has 0 radical (unpaired) electrons. The average molecular weight is 336 g/mol. The first kappa shape index (κ1) is 18.2. The molecule has 1 fully saturated rings. The number of likely N-dealkylation sites (tertiary alicyclic amines) is 1. The van der Waals surface area contributed by atoms with E-state index >= 15 is 0 Å². The minimum absolute atomic E-state index is 0.0440. The third-order valence-corrected chi connectivity index (χ3v) is 3.78. The molecule has 1 aromatic carbocycles. The van der Waals surface area contributed by atoms with E-state index < -0.39 is 12.1 Å². The van der Waals surface area contributed by atoms with Gasteiger partial charge >= 0.3 is 6.09 Å². The lowest BCUT2D eigenvalue weighted by Gasteiger charge is -2.23. The number of hydrogen-bond donors (Lipinski definition) is 2. The molecule has 0 saturated carbocycles. The van der Waals surface area contributed by atoms with Gasteiger partial charge in [-0.25, -0.2) is 4.79 Å². The van der Waals surface area contributed by atoms with Crippen molar-refractivity contribution in [1.29, 1.82) is 0 Å². The Labute approximate surface area is 141 Å². The molecule has 2 amide bonds. The van der Waals surface area contributed by atoms with Crippen molar-refractivity contribution in [3.05, 3.63) is 35.9 Å². The zero-order chi connectivity index (χ0) is 17.2. The molecule has 132 valence electrons. The largest absolute Gasteiger partial charge is 0.445 e. The molecular formula is C17H24N2O5. The molecule has 1 aromatic rings. The molecule has 24 heavy (non-hydrogen) atoms. The highest BCUT2D eigenvalue weighted by atomic mass is 16.6. The minimum atomic E-state index is -0.494. The fourth-order valence-corrected chi connectivity index (χ4v) is 2.59. The van der Waals surface area contributed by atoms with Crippen LogP contribution >= 0.6 is 0 Å². The smallest absolute Gasteiger partial charge is 0.410 e. The summed E-state index contributed by atoms with van der Waals surface area (Å²) in [4.78, 5) is 25.9. The van der Waals surface area contributed by atoms with Crippen LogP contribution in [-0.4, -0.2) is 61.0 Å². The second-order valence-corrected chi connectivity index (χ2v) is 5.52. The highest BCUT2D eigenvalue weighted by molar-refractivity contribution is 5.86. The number of amides is 2. The molecule has 0 aromatic heterocycles. The minimum Gasteiger partial charge on any atom is -0.445 e. The van der Waals surface area contributed by atoms with Gasteiger partial charge in [0, 0.05) is 13.1 Å². The number of rotatable bonds is 8. The number of aliphatic hydroxyl groups excluding tert-OH is 1. The number of nitrogens with zero attached hydrogens (tertiary/aromatic N) is 1. The first-order valence-electron chi connectivity index (χ1n) is 8.16. The number of carbonyl (C=O) groups is 2. The highest BCUT2D eigenvalue weighted by Crippen LogP contribution is 2.19. The lowest BCUT2D eigenvalue weighted by molar-refractivity contribution is -0.125. The molecule has 0 bridgehead atoms. The number of benzene rings is 1. The van der Waals surface area contributed by atoms with E-state index in [1.165, 1.54) is 4.90 Å². The Hall–Kier alpha value is -2.12. The number of hydrogen-bond acceptors (Lipinski definition) is 5. The van der Waals surface area contributed by atoms with Crippen LogP contribution in [0.2, 0.25) is 0 Å². The number of nitrogens with one attached hydrogen (secondary N) is 1. The quantitative estimate of drug-likeness (QED) is 0.689. The zero-order valence-corrected chi connectivity index (χ0v) is 13.6. The van der Waals surface area contributed by atoms with E-state index in [2.05, 4.69) is 5.32 Å². The first-order chi connectivity index (χ1) is 11.7. The molecule has 7 nitrogen and oxygen atoms in total. The predicted molar refractivity (Wildman–Crippen MR) is 87.3 cm³/mol. The van der Waals surface area contributed by atoms with E-state index in [1.807, 2.05) is 30.3 Å². The maximum atomic E-state index is 12.2. The van der Waals surface area contributed by atoms with Gasteiger partial charge in [-0.15, -0.1) is 0 Å². The second-order valence-electron chi connectivity index (χ2n) is 5.52. The number of carbonyl (C=O) groups excluding carboxylic acids is 2. The van der Waals surface area contributed by atoms with Crippen LogP contribution < -0.4 is 5.32 Å². The first-order valence-corrected chi connectivity index (χ1v) is 8.16. The van der Waals surface area contributed by atoms with Gasteiger partial charge in [-0.3, -0.25) is 9.69 Å². The van der Waals surface area contributed by atoms with Gasteiger partial charge in [-0.2, -0.15) is 0 Å². The van der Waals surface area contributed by atoms with Crippen molar-refractivity contribution in [1.82, 2.24) is 10.2 Å². The summed E-state index contributed by atoms with van der Waals surface area (Å²) >= 11 is 0. The standard InChI is InChI=1S/C17H24N2O5/c20-10-12-23-11-8-18-16(21)15-7-4-9-19(15)17(22)24-13-14-5-2-1-3-6-14/h1-3,5-6,15,20H,4,7-13H2,(H,18,21). The summed E-state index contributed by atoms with van der Waals surface area (Å²) in [5, 5.41) is 11.4. The maximum Gasteiger partial charge on any atom is 0.410 e. The summed E-state index contributed by atoms with van der Waals surface area (Å²) in [6, 6.07) is 8.94. The molecule has 1 heterocycles. The summed E-state index contributed by atoms with van der Waals surface area (Å²) in [6.45, 7) is 1.60. The molecule has 0 spiro atoms. The molecule has 2 N–H and O–H groups in total. The Morgan fingerprint density at radius 1 is 1.25 bits per heavy atom. The fraction of sp³-hybridized carbons (Fsp3) is 0.529. The van der Waals surface area contributed by atoms with Crippen LogP contribution in [0.3, 0.4) is 0 Å². The van der Waals surface area contributed by atoms with Gasteiger partial charge in [-0.1, -0.05) is 30.3 Å². The highest BCUT2D eigenvalue weighted by Gasteiger charge is 2.34. The van der Waals surface area contributed by atoms with Crippen LogP contribution in [0, 0.1) is 0 Å². The molecule has 1 saturated heterocycles. The van der Waals surface area contributed by atoms with Gasteiger partial charge in [0.15, 0.2) is 0 Å². The predicted octanol–water partition coefficient (Wildman–Crippen LogP) is 0.913. The van der Waals surface area contributed by atoms with Gasteiger partial charge in [0.1, 0.15) is 12.6 Å². The SMILES string of the molecule is O=C(NCCOCCO)C1CCCN1C(=O)OCc1ccccc1. The van der Waals surface area contributed by atoms with E-state index in [1.54, 1.807) is 0 Å². The van der Waals surface area contributed by atoms with E-state index in [0.29, 0.717) is 26.1 Å². The zero-order valence-electron chi connectivity index (χ0n) is 13.6. The van der Waals surface area contributed by atoms with Crippen LogP contribution in [0.15, 0.2) is 30.3 Å². The van der Waals surface area contributed by atoms with Crippen molar-refractivity contribution in [2.45, 2.75) is 25.5 Å². The Morgan fingerprint density at radius 3 is 2.79 bits per heavy atom. The van der Waals surface area contributed by atoms with Crippen LogP contribution in [0.5, 0.6) is 0 Å². The van der Waals surface area contributed by atoms with E-state index in [0.717, 1.165) is 12.0 Å². The summed E-state index contributed by atoms with van der Waals surface area (Å²) in [5.74, 6) is -0.197. The van der Waals surface area contributed by atoms with Crippen molar-refractivity contribution in [2.75, 3.05) is 32.9 Å². The molecule has 7 heteroatoms. The van der Waals surface area contributed by atoms with Crippen molar-refractivity contribution in [3.8, 4) is 0 Å². The topological polar surface area (TPSA) is 88.1 Å². The van der Waals surface area contributed by atoms with Crippen LogP contribution in [0.25, 0.3) is 0 Å². The van der Waals surface area contributed by atoms with E-state index in [9.17, 15) is 9.59 Å². The molecule has 1 unspecified atom stereocenters. The lowest BCUT2D eigenvalue weighted by Crippen LogP contribution is -2.46. The maximum absolute atomic E-state index is 12.2. The van der Waals surface area contributed by atoms with Gasteiger partial charge in [0.05, 0.1) is 19.8 Å². The normalized spacial score (nSPS) is 16.9. The third-order valence-electron chi connectivity index (χ3n) is 3.78. The Morgan fingerprint density at radius 2 is 2.04 bits per heavy atom. The molecule has 1 aliphatic heterocycles. The average Bonchev–Trinajstić information content (AvgIpc) is 3.10. The van der Waals surface area contributed by atoms with Gasteiger partial charge in [-0.05, 0) is 18.4 Å². The van der Waals surface area contributed by atoms with Crippen molar-refractivity contribution < 1.29 is 24.2 Å². The van der Waals surface area contributed by atoms with Crippen molar-refractivity contribution in [2.24, 2.45) is 0 Å². The van der Waals surface area contributed by atoms with Crippen molar-refractivity contribution in [3.63, 3.8) is 0 Å². The van der Waals surface area contributed by atoms with Gasteiger partial charge < -0.3 is 19.9 Å². The molecule has 0 aliphatic carbocycles. The van der Waals surface area contributed by atoms with Gasteiger partial charge in [0.25, 0.3) is 0 Å². The molecular weight excluding hydrogens is 312 g/mol. The lowest BCUT2D eigenvalue weighted by atomic mass is 10.2. The van der Waals surface area contributed by atoms with E-state index in [-0.39, 0.29) is 25.7 Å². The fourth-order valence-electron chi connectivity index (χ4n) is 2.59. The summed E-state index contributed by atoms with van der Waals surface area (Å²) in [5.41, 5.74) is 0.909. The number of aliphatic hydroxyl groups is 1. The number of ether oxygens (including phenoxy) is 2. The Bertz CT molecular complexity index is 523. The van der Waals surface area contributed by atoms with Crippen LogP contribution in [0.1, 0.15) is 18.4 Å². The third kappa shape index (κ3) is 5.50. The molecule has 2 rings (SSSR count). The summed E-state index contributed by atoms with van der Waals surface area (Å²) in [6.07, 6.45) is 0.941. The molecule has 1 aliphatic rings. The Kier molecular flexibility index (Phi) is 7.51. The summed E-state index contributed by atoms with van der Waals surface area (Å²) in [7, 11) is 0. The van der Waals surface area contributed by atoms with Crippen LogP contribution in [0.4, 0.5) is 4.79 Å².